The lowest BCUT2D eigenvalue weighted by atomic mass is 9.87. The molecule has 1 aromatic carbocycles. The van der Waals surface area contributed by atoms with E-state index in [1.54, 1.807) is 22.6 Å². The van der Waals surface area contributed by atoms with Crippen molar-refractivity contribution >= 4 is 55.6 Å². The Labute approximate surface area is 197 Å². The van der Waals surface area contributed by atoms with Gasteiger partial charge in [-0.25, -0.2) is 9.97 Å². The van der Waals surface area contributed by atoms with E-state index in [-0.39, 0.29) is 11.8 Å². The van der Waals surface area contributed by atoms with E-state index in [0.717, 1.165) is 57.6 Å². The minimum absolute atomic E-state index is 0.0414. The molecular formula is C24H29N7OS. The van der Waals surface area contributed by atoms with Gasteiger partial charge in [0.2, 0.25) is 5.91 Å². The third-order valence-corrected chi connectivity index (χ3v) is 7.76. The van der Waals surface area contributed by atoms with Crippen LogP contribution in [-0.2, 0) is 17.6 Å². The Bertz CT molecular complexity index is 1340. The van der Waals surface area contributed by atoms with Crippen LogP contribution in [0.1, 0.15) is 30.7 Å². The van der Waals surface area contributed by atoms with Crippen LogP contribution in [0, 0.1) is 5.92 Å². The summed E-state index contributed by atoms with van der Waals surface area (Å²) in [4.78, 5) is 27.9. The average molecular weight is 464 g/mol. The number of nitrogens with one attached hydrogen (secondary N) is 2. The lowest BCUT2D eigenvalue weighted by Crippen LogP contribution is -2.32. The lowest BCUT2D eigenvalue weighted by molar-refractivity contribution is -0.133. The summed E-state index contributed by atoms with van der Waals surface area (Å²) in [7, 11) is 5.76. The van der Waals surface area contributed by atoms with Crippen molar-refractivity contribution in [1.82, 2.24) is 25.1 Å². The van der Waals surface area contributed by atoms with Crippen molar-refractivity contribution in [2.24, 2.45) is 5.92 Å². The van der Waals surface area contributed by atoms with Gasteiger partial charge in [0.05, 0.1) is 28.5 Å². The smallest absolute Gasteiger partial charge is 0.225 e. The number of carbonyl (C=O) groups is 1. The van der Waals surface area contributed by atoms with Crippen LogP contribution in [0.4, 0.5) is 17.2 Å². The molecule has 0 saturated carbocycles. The normalized spacial score (nSPS) is 15.8. The van der Waals surface area contributed by atoms with Crippen molar-refractivity contribution < 1.29 is 4.79 Å². The number of aromatic amines is 1. The number of benzene rings is 1. The van der Waals surface area contributed by atoms with Crippen molar-refractivity contribution in [1.29, 1.82) is 0 Å². The molecule has 9 heteroatoms. The molecular weight excluding hydrogens is 434 g/mol. The molecule has 172 valence electrons. The first-order valence-electron chi connectivity index (χ1n) is 11.3. The maximum atomic E-state index is 12.6. The molecule has 0 saturated heterocycles. The third-order valence-electron chi connectivity index (χ3n) is 6.60. The van der Waals surface area contributed by atoms with Crippen molar-refractivity contribution in [2.75, 3.05) is 31.4 Å². The first-order valence-corrected chi connectivity index (χ1v) is 12.1. The van der Waals surface area contributed by atoms with E-state index < -0.39 is 0 Å². The van der Waals surface area contributed by atoms with Gasteiger partial charge in [0.15, 0.2) is 0 Å². The second-order valence-corrected chi connectivity index (χ2v) is 10.3. The minimum atomic E-state index is 0.0414. The Morgan fingerprint density at radius 3 is 2.82 bits per heavy atom. The van der Waals surface area contributed by atoms with Gasteiger partial charge in [0.25, 0.3) is 0 Å². The molecule has 3 heterocycles. The Morgan fingerprint density at radius 1 is 1.24 bits per heavy atom. The minimum Gasteiger partial charge on any atom is -0.370 e. The van der Waals surface area contributed by atoms with Gasteiger partial charge in [-0.1, -0.05) is 0 Å². The number of aromatic nitrogens is 4. The van der Waals surface area contributed by atoms with Crippen LogP contribution in [-0.4, -0.2) is 58.2 Å². The number of hydrogen-bond donors (Lipinski definition) is 2. The molecule has 0 spiro atoms. The molecule has 2 N–H and O–H groups in total. The van der Waals surface area contributed by atoms with Gasteiger partial charge >= 0.3 is 0 Å². The fourth-order valence-corrected chi connectivity index (χ4v) is 5.83. The predicted octanol–water partition coefficient (Wildman–Crippen LogP) is 4.35. The average Bonchev–Trinajstić information content (AvgIpc) is 3.40. The molecule has 0 unspecified atom stereocenters. The summed E-state index contributed by atoms with van der Waals surface area (Å²) in [6.45, 7) is 4.34. The SMILES string of the molecule is CC(C)N(C)c1cc2[nH]ncc2cc1Nc1ncnc2sc3c(c12)CC[C@H](C(=O)N(C)C)C3. The van der Waals surface area contributed by atoms with E-state index in [0.29, 0.717) is 6.04 Å². The summed E-state index contributed by atoms with van der Waals surface area (Å²) in [5.41, 5.74) is 4.34. The molecule has 0 radical (unpaired) electrons. The summed E-state index contributed by atoms with van der Waals surface area (Å²) in [6, 6.07) is 4.58. The number of H-pyrrole nitrogens is 1. The van der Waals surface area contributed by atoms with Crippen LogP contribution in [0.2, 0.25) is 0 Å². The largest absolute Gasteiger partial charge is 0.370 e. The maximum Gasteiger partial charge on any atom is 0.225 e. The Hall–Kier alpha value is -3.20. The molecule has 0 aliphatic heterocycles. The highest BCUT2D eigenvalue weighted by atomic mass is 32.1. The van der Waals surface area contributed by atoms with E-state index in [2.05, 4.69) is 63.4 Å². The van der Waals surface area contributed by atoms with Gasteiger partial charge in [-0.05, 0) is 50.8 Å². The number of carbonyl (C=O) groups excluding carboxylic acids is 1. The van der Waals surface area contributed by atoms with Crippen LogP contribution in [0.3, 0.4) is 0 Å². The van der Waals surface area contributed by atoms with Crippen molar-refractivity contribution in [3.8, 4) is 0 Å². The Kier molecular flexibility index (Phi) is 5.44. The van der Waals surface area contributed by atoms with Gasteiger partial charge in [0, 0.05) is 43.4 Å². The molecule has 0 bridgehead atoms. The lowest BCUT2D eigenvalue weighted by Gasteiger charge is -2.27. The molecule has 3 aromatic heterocycles. The van der Waals surface area contributed by atoms with Crippen molar-refractivity contribution in [2.45, 2.75) is 39.2 Å². The number of anilines is 3. The van der Waals surface area contributed by atoms with E-state index >= 15 is 0 Å². The number of hydrogen-bond acceptors (Lipinski definition) is 7. The molecule has 1 atom stereocenters. The van der Waals surface area contributed by atoms with Gasteiger partial charge in [-0.15, -0.1) is 11.3 Å². The third kappa shape index (κ3) is 3.80. The molecule has 0 fully saturated rings. The standard InChI is InChI=1S/C24H29N7OS/c1-13(2)31(5)19-10-17-15(11-27-29-17)8-18(19)28-22-21-16-7-6-14(24(32)30(3)4)9-20(16)33-23(21)26-12-25-22/h8,10-14H,6-7,9H2,1-5H3,(H,27,29)(H,25,26,28)/t14-/m0/s1. The van der Waals surface area contributed by atoms with E-state index in [1.165, 1.54) is 10.4 Å². The fourth-order valence-electron chi connectivity index (χ4n) is 4.56. The monoisotopic (exact) mass is 463 g/mol. The predicted molar refractivity (Wildman–Crippen MR) is 135 cm³/mol. The highest BCUT2D eigenvalue weighted by Gasteiger charge is 2.30. The highest BCUT2D eigenvalue weighted by molar-refractivity contribution is 7.19. The van der Waals surface area contributed by atoms with Crippen LogP contribution < -0.4 is 10.2 Å². The molecule has 5 rings (SSSR count). The quantitative estimate of drug-likeness (QED) is 0.457. The van der Waals surface area contributed by atoms with Gasteiger partial charge in [-0.3, -0.25) is 9.89 Å². The van der Waals surface area contributed by atoms with Gasteiger partial charge in [-0.2, -0.15) is 5.10 Å². The van der Waals surface area contributed by atoms with Gasteiger partial charge < -0.3 is 15.1 Å². The van der Waals surface area contributed by atoms with Crippen LogP contribution in [0.15, 0.2) is 24.7 Å². The number of thiophene rings is 1. The molecule has 4 aromatic rings. The summed E-state index contributed by atoms with van der Waals surface area (Å²) >= 11 is 1.69. The van der Waals surface area contributed by atoms with E-state index in [9.17, 15) is 4.79 Å². The number of rotatable bonds is 5. The van der Waals surface area contributed by atoms with Crippen LogP contribution in [0.25, 0.3) is 21.1 Å². The maximum absolute atomic E-state index is 12.6. The summed E-state index contributed by atoms with van der Waals surface area (Å²) in [5.74, 6) is 1.06. The van der Waals surface area contributed by atoms with Crippen molar-refractivity contribution in [3.63, 3.8) is 0 Å². The van der Waals surface area contributed by atoms with E-state index in [4.69, 9.17) is 0 Å². The van der Waals surface area contributed by atoms with Gasteiger partial charge in [0.1, 0.15) is 17.0 Å². The molecule has 1 aliphatic carbocycles. The number of fused-ring (bicyclic) bond motifs is 4. The van der Waals surface area contributed by atoms with Crippen LogP contribution >= 0.6 is 11.3 Å². The Morgan fingerprint density at radius 2 is 2.06 bits per heavy atom. The molecule has 1 aliphatic rings. The van der Waals surface area contributed by atoms with Crippen LogP contribution in [0.5, 0.6) is 0 Å². The first kappa shape index (κ1) is 21.6. The van der Waals surface area contributed by atoms with E-state index in [1.807, 2.05) is 20.3 Å². The zero-order chi connectivity index (χ0) is 23.3. The van der Waals surface area contributed by atoms with Crippen molar-refractivity contribution in [3.05, 3.63) is 35.1 Å². The molecule has 8 nitrogen and oxygen atoms in total. The molecule has 33 heavy (non-hydrogen) atoms. The number of nitrogens with zero attached hydrogens (tertiary/aromatic N) is 5. The highest BCUT2D eigenvalue weighted by Crippen LogP contribution is 2.42. The summed E-state index contributed by atoms with van der Waals surface area (Å²) in [5, 5.41) is 13.0. The topological polar surface area (TPSA) is 90.0 Å². The summed E-state index contributed by atoms with van der Waals surface area (Å²) in [6.07, 6.45) is 5.95. The first-order chi connectivity index (χ1) is 15.8. The second-order valence-electron chi connectivity index (χ2n) is 9.23. The fraction of sp³-hybridized carbons (Fsp3) is 0.417. The number of amides is 1. The Balaban J connectivity index is 1.57. The second kappa shape index (κ2) is 8.30. The zero-order valence-corrected chi connectivity index (χ0v) is 20.5. The summed E-state index contributed by atoms with van der Waals surface area (Å²) < 4.78 is 0. The number of aryl methyl sites for hydroxylation is 1. The molecule has 1 amide bonds. The zero-order valence-electron chi connectivity index (χ0n) is 19.6.